The maximum Gasteiger partial charge on any atom is 0.357 e. The second-order valence-electron chi connectivity index (χ2n) is 3.11. The molecule has 7 heteroatoms. The highest BCUT2D eigenvalue weighted by molar-refractivity contribution is 5.88. The fourth-order valence-electron chi connectivity index (χ4n) is 1.28. The normalized spacial score (nSPS) is 10.0. The molecule has 96 valence electrons. The monoisotopic (exact) mass is 256 g/mol. The average Bonchev–Trinajstić information content (AvgIpc) is 2.37. The quantitative estimate of drug-likeness (QED) is 0.771. The van der Waals surface area contributed by atoms with Crippen molar-refractivity contribution >= 4 is 5.97 Å². The van der Waals surface area contributed by atoms with Crippen molar-refractivity contribution in [2.45, 2.75) is 13.3 Å². The third kappa shape index (κ3) is 2.71. The number of hydrogen-bond acceptors (Lipinski definition) is 5. The van der Waals surface area contributed by atoms with Crippen LogP contribution in [0.4, 0.5) is 8.78 Å². The summed E-state index contributed by atoms with van der Waals surface area (Å²) in [4.78, 5) is 15.1. The molecule has 0 aromatic carbocycles. The predicted molar refractivity (Wildman–Crippen MR) is 56.4 cm³/mol. The number of aromatic nitrogens is 1. The van der Waals surface area contributed by atoms with Crippen LogP contribution in [0.2, 0.25) is 0 Å². The Balaban J connectivity index is 3.37. The van der Waals surface area contributed by atoms with Gasteiger partial charge in [0.25, 0.3) is 6.43 Å². The number of methoxy groups -OCH3 is 1. The van der Waals surface area contributed by atoms with Crippen molar-refractivity contribution in [3.05, 3.63) is 22.9 Å². The van der Waals surface area contributed by atoms with Gasteiger partial charge in [-0.15, -0.1) is 0 Å². The van der Waals surface area contributed by atoms with Gasteiger partial charge in [0.05, 0.1) is 13.7 Å². The highest BCUT2D eigenvalue weighted by atomic mass is 19.3. The molecule has 0 radical (unpaired) electrons. The van der Waals surface area contributed by atoms with Gasteiger partial charge in [-0.25, -0.2) is 18.6 Å². The summed E-state index contributed by atoms with van der Waals surface area (Å²) in [6, 6.07) is 2.41. The third-order valence-corrected chi connectivity index (χ3v) is 2.04. The number of pyridine rings is 1. The minimum atomic E-state index is -2.91. The lowest BCUT2D eigenvalue weighted by Crippen LogP contribution is -2.10. The van der Waals surface area contributed by atoms with Crippen molar-refractivity contribution in [3.63, 3.8) is 0 Å². The smallest absolute Gasteiger partial charge is 0.357 e. The number of esters is 1. The molecular formula is C11H10F2N2O3. The van der Waals surface area contributed by atoms with E-state index >= 15 is 0 Å². The summed E-state index contributed by atoms with van der Waals surface area (Å²) in [5.41, 5.74) is -1.31. The van der Waals surface area contributed by atoms with E-state index in [0.717, 1.165) is 6.07 Å². The van der Waals surface area contributed by atoms with Crippen molar-refractivity contribution < 1.29 is 23.0 Å². The Morgan fingerprint density at radius 1 is 1.61 bits per heavy atom. The number of rotatable bonds is 4. The topological polar surface area (TPSA) is 72.2 Å². The molecule has 5 nitrogen and oxygen atoms in total. The van der Waals surface area contributed by atoms with Crippen LogP contribution in [0.3, 0.4) is 0 Å². The van der Waals surface area contributed by atoms with E-state index in [1.807, 2.05) is 0 Å². The Morgan fingerprint density at radius 3 is 2.72 bits per heavy atom. The molecule has 0 aliphatic heterocycles. The Hall–Kier alpha value is -2.23. The van der Waals surface area contributed by atoms with E-state index in [1.54, 1.807) is 13.0 Å². The average molecular weight is 256 g/mol. The van der Waals surface area contributed by atoms with E-state index in [0.29, 0.717) is 0 Å². The van der Waals surface area contributed by atoms with Crippen LogP contribution in [-0.2, 0) is 4.74 Å². The van der Waals surface area contributed by atoms with Gasteiger partial charge in [0.15, 0.2) is 5.69 Å². The lowest BCUT2D eigenvalue weighted by atomic mass is 10.1. The summed E-state index contributed by atoms with van der Waals surface area (Å²) in [5.74, 6) is -1.17. The van der Waals surface area contributed by atoms with Gasteiger partial charge in [-0.1, -0.05) is 0 Å². The van der Waals surface area contributed by atoms with Crippen LogP contribution < -0.4 is 4.74 Å². The molecule has 0 bridgehead atoms. The second kappa shape index (κ2) is 5.91. The number of carbonyl (C=O) groups excluding carboxylic acids is 1. The molecule has 0 spiro atoms. The number of halogens is 2. The van der Waals surface area contributed by atoms with Crippen molar-refractivity contribution in [3.8, 4) is 11.9 Å². The van der Waals surface area contributed by atoms with Gasteiger partial charge in [0, 0.05) is 5.56 Å². The first-order valence-corrected chi connectivity index (χ1v) is 4.99. The van der Waals surface area contributed by atoms with E-state index in [9.17, 15) is 13.6 Å². The van der Waals surface area contributed by atoms with Gasteiger partial charge in [0.1, 0.15) is 11.6 Å². The largest absolute Gasteiger partial charge is 0.480 e. The van der Waals surface area contributed by atoms with Crippen LogP contribution in [0.15, 0.2) is 6.07 Å². The van der Waals surface area contributed by atoms with Gasteiger partial charge in [-0.2, -0.15) is 5.26 Å². The van der Waals surface area contributed by atoms with E-state index in [-0.39, 0.29) is 23.7 Å². The maximum atomic E-state index is 12.8. The highest BCUT2D eigenvalue weighted by Gasteiger charge is 2.22. The highest BCUT2D eigenvalue weighted by Crippen LogP contribution is 2.28. The van der Waals surface area contributed by atoms with Crippen molar-refractivity contribution in [2.24, 2.45) is 0 Å². The first-order chi connectivity index (χ1) is 8.54. The number of alkyl halides is 2. The molecule has 0 saturated heterocycles. The Labute approximate surface area is 102 Å². The summed E-state index contributed by atoms with van der Waals surface area (Å²) < 4.78 is 34.9. The fraction of sp³-hybridized carbons (Fsp3) is 0.364. The standard InChI is InChI=1S/C11H10F2N2O3/c1-3-18-11(16)8-4-6(9(12)13)7(5-14)10(15-8)17-2/h4,9H,3H2,1-2H3. The molecule has 0 N–H and O–H groups in total. The van der Waals surface area contributed by atoms with Gasteiger partial charge < -0.3 is 9.47 Å². The second-order valence-corrected chi connectivity index (χ2v) is 3.11. The van der Waals surface area contributed by atoms with Crippen LogP contribution >= 0.6 is 0 Å². The molecule has 0 atom stereocenters. The van der Waals surface area contributed by atoms with Crippen LogP contribution in [-0.4, -0.2) is 24.7 Å². The minimum Gasteiger partial charge on any atom is -0.480 e. The van der Waals surface area contributed by atoms with Crippen molar-refractivity contribution in [1.29, 1.82) is 5.26 Å². The Morgan fingerprint density at radius 2 is 2.28 bits per heavy atom. The maximum absolute atomic E-state index is 12.8. The van der Waals surface area contributed by atoms with Crippen LogP contribution in [0, 0.1) is 11.3 Å². The number of nitriles is 1. The minimum absolute atomic E-state index is 0.0901. The van der Waals surface area contributed by atoms with Crippen LogP contribution in [0.25, 0.3) is 0 Å². The summed E-state index contributed by atoms with van der Waals surface area (Å²) in [6.07, 6.45) is -2.91. The number of hydrogen-bond donors (Lipinski definition) is 0. The molecule has 1 aromatic rings. The zero-order chi connectivity index (χ0) is 13.7. The third-order valence-electron chi connectivity index (χ3n) is 2.04. The lowest BCUT2D eigenvalue weighted by Gasteiger charge is -2.09. The zero-order valence-electron chi connectivity index (χ0n) is 9.74. The predicted octanol–water partition coefficient (Wildman–Crippen LogP) is 2.08. The molecule has 0 saturated carbocycles. The molecule has 0 fully saturated rings. The lowest BCUT2D eigenvalue weighted by molar-refractivity contribution is 0.0518. The molecule has 18 heavy (non-hydrogen) atoms. The summed E-state index contributed by atoms with van der Waals surface area (Å²) in [5, 5.41) is 8.79. The molecule has 1 rings (SSSR count). The summed E-state index contributed by atoms with van der Waals surface area (Å²) in [7, 11) is 1.17. The number of nitrogens with zero attached hydrogens (tertiary/aromatic N) is 2. The summed E-state index contributed by atoms with van der Waals surface area (Å²) in [6.45, 7) is 1.67. The van der Waals surface area contributed by atoms with E-state index in [1.165, 1.54) is 7.11 Å². The van der Waals surface area contributed by atoms with E-state index < -0.39 is 18.0 Å². The first-order valence-electron chi connectivity index (χ1n) is 4.99. The first kappa shape index (κ1) is 13.8. The molecule has 0 aliphatic carbocycles. The molecule has 0 aliphatic rings. The number of carbonyl (C=O) groups is 1. The fourth-order valence-corrected chi connectivity index (χ4v) is 1.28. The summed E-state index contributed by atoms with van der Waals surface area (Å²) >= 11 is 0. The Kier molecular flexibility index (Phi) is 4.54. The van der Waals surface area contributed by atoms with Gasteiger partial charge in [-0.3, -0.25) is 0 Å². The van der Waals surface area contributed by atoms with Crippen LogP contribution in [0.5, 0.6) is 5.88 Å². The molecule has 1 heterocycles. The SMILES string of the molecule is CCOC(=O)c1cc(C(F)F)c(C#N)c(OC)n1. The zero-order valence-corrected chi connectivity index (χ0v) is 9.74. The molecular weight excluding hydrogens is 246 g/mol. The van der Waals surface area contributed by atoms with Crippen LogP contribution in [0.1, 0.15) is 35.0 Å². The van der Waals surface area contributed by atoms with Crippen molar-refractivity contribution in [2.75, 3.05) is 13.7 Å². The van der Waals surface area contributed by atoms with E-state index in [4.69, 9.17) is 10.00 Å². The molecule has 0 amide bonds. The Bertz CT molecular complexity index is 498. The number of ether oxygens (including phenoxy) is 2. The van der Waals surface area contributed by atoms with Gasteiger partial charge >= 0.3 is 5.97 Å². The molecule has 0 unspecified atom stereocenters. The van der Waals surface area contributed by atoms with E-state index in [2.05, 4.69) is 9.72 Å². The van der Waals surface area contributed by atoms with Gasteiger partial charge in [0.2, 0.25) is 5.88 Å². The van der Waals surface area contributed by atoms with Crippen molar-refractivity contribution in [1.82, 2.24) is 4.98 Å². The molecule has 1 aromatic heterocycles. The van der Waals surface area contributed by atoms with Gasteiger partial charge in [-0.05, 0) is 13.0 Å².